The summed E-state index contributed by atoms with van der Waals surface area (Å²) >= 11 is 7.31. The molecular weight excluding hydrogens is 386 g/mol. The Hall–Kier alpha value is -2.90. The third kappa shape index (κ3) is 5.29. The molecule has 0 aliphatic rings. The number of halogens is 1. The fraction of sp³-hybridized carbons (Fsp3) is 0.105. The second kappa shape index (κ2) is 8.66. The summed E-state index contributed by atoms with van der Waals surface area (Å²) in [4.78, 5) is 27.9. The number of amides is 2. The van der Waals surface area contributed by atoms with Gasteiger partial charge in [0.15, 0.2) is 0 Å². The lowest BCUT2D eigenvalue weighted by Crippen LogP contribution is -2.14. The highest BCUT2D eigenvalue weighted by Gasteiger charge is 2.12. The number of hydrogen-bond acceptors (Lipinski definition) is 5. The lowest BCUT2D eigenvalue weighted by molar-refractivity contribution is -0.115. The van der Waals surface area contributed by atoms with Gasteiger partial charge in [0.25, 0.3) is 5.91 Å². The van der Waals surface area contributed by atoms with Crippen molar-refractivity contribution in [1.82, 2.24) is 4.98 Å². The standard InChI is InChI=1S/C19H16ClN3O3S/c20-12-6-7-15(19(21)25)16(8-12)26-10-14-11-27-18(23-14)9-17(24)22-13-4-2-1-3-5-13/h1-8,11H,9-10H2,(H2,21,25)(H,22,24). The van der Waals surface area contributed by atoms with Crippen molar-refractivity contribution in [3.63, 3.8) is 0 Å². The van der Waals surface area contributed by atoms with Crippen LogP contribution in [0.1, 0.15) is 21.1 Å². The molecule has 2 amide bonds. The number of primary amides is 1. The summed E-state index contributed by atoms with van der Waals surface area (Å²) in [6.45, 7) is 0.136. The van der Waals surface area contributed by atoms with Crippen LogP contribution in [0.25, 0.3) is 0 Å². The van der Waals surface area contributed by atoms with Crippen LogP contribution in [0.3, 0.4) is 0 Å². The first kappa shape index (κ1) is 18.9. The maximum Gasteiger partial charge on any atom is 0.252 e. The summed E-state index contributed by atoms with van der Waals surface area (Å²) in [6, 6.07) is 13.8. The molecule has 0 atom stereocenters. The first-order valence-electron chi connectivity index (χ1n) is 8.01. The number of benzene rings is 2. The maximum absolute atomic E-state index is 12.1. The van der Waals surface area contributed by atoms with E-state index < -0.39 is 5.91 Å². The number of carbonyl (C=O) groups excluding carboxylic acids is 2. The predicted molar refractivity (Wildman–Crippen MR) is 105 cm³/mol. The zero-order valence-corrected chi connectivity index (χ0v) is 15.7. The molecule has 1 heterocycles. The molecule has 0 bridgehead atoms. The molecule has 0 saturated carbocycles. The van der Waals surface area contributed by atoms with E-state index in [4.69, 9.17) is 22.1 Å². The van der Waals surface area contributed by atoms with Crippen LogP contribution in [0.5, 0.6) is 5.75 Å². The smallest absolute Gasteiger partial charge is 0.252 e. The number of anilines is 1. The van der Waals surface area contributed by atoms with Gasteiger partial charge < -0.3 is 15.8 Å². The number of nitrogens with two attached hydrogens (primary N) is 1. The van der Waals surface area contributed by atoms with Gasteiger partial charge in [-0.25, -0.2) is 4.98 Å². The van der Waals surface area contributed by atoms with Gasteiger partial charge in [-0.15, -0.1) is 11.3 Å². The molecule has 0 aliphatic heterocycles. The van der Waals surface area contributed by atoms with Gasteiger partial charge in [-0.1, -0.05) is 29.8 Å². The summed E-state index contributed by atoms with van der Waals surface area (Å²) < 4.78 is 5.64. The largest absolute Gasteiger partial charge is 0.486 e. The SMILES string of the molecule is NC(=O)c1ccc(Cl)cc1OCc1csc(CC(=O)Nc2ccccc2)n1. The van der Waals surface area contributed by atoms with Gasteiger partial charge in [0.05, 0.1) is 17.7 Å². The Morgan fingerprint density at radius 1 is 1.19 bits per heavy atom. The lowest BCUT2D eigenvalue weighted by Gasteiger charge is -2.08. The van der Waals surface area contributed by atoms with Crippen LogP contribution in [-0.2, 0) is 17.8 Å². The minimum atomic E-state index is -0.599. The fourth-order valence-corrected chi connectivity index (χ4v) is 3.27. The number of nitrogens with zero attached hydrogens (tertiary/aromatic N) is 1. The van der Waals surface area contributed by atoms with E-state index in [1.165, 1.54) is 23.5 Å². The molecule has 0 radical (unpaired) electrons. The minimum absolute atomic E-state index is 0.136. The molecule has 6 nitrogen and oxygen atoms in total. The number of nitrogens with one attached hydrogen (secondary N) is 1. The molecule has 138 valence electrons. The van der Waals surface area contributed by atoms with Gasteiger partial charge in [-0.05, 0) is 30.3 Å². The van der Waals surface area contributed by atoms with Crippen molar-refractivity contribution < 1.29 is 14.3 Å². The van der Waals surface area contributed by atoms with Crippen molar-refractivity contribution in [2.45, 2.75) is 13.0 Å². The van der Waals surface area contributed by atoms with Crippen LogP contribution in [0.2, 0.25) is 5.02 Å². The molecule has 0 aliphatic carbocycles. The molecule has 2 aromatic carbocycles. The average molecular weight is 402 g/mol. The Bertz CT molecular complexity index is 960. The zero-order chi connectivity index (χ0) is 19.2. The third-order valence-electron chi connectivity index (χ3n) is 3.55. The van der Waals surface area contributed by atoms with Crippen LogP contribution in [0, 0.1) is 0 Å². The van der Waals surface area contributed by atoms with Gasteiger partial charge in [-0.3, -0.25) is 9.59 Å². The molecule has 8 heteroatoms. The van der Waals surface area contributed by atoms with Crippen molar-refractivity contribution in [3.05, 3.63) is 75.2 Å². The summed E-state index contributed by atoms with van der Waals surface area (Å²) in [5.41, 5.74) is 6.97. The summed E-state index contributed by atoms with van der Waals surface area (Å²) in [7, 11) is 0. The van der Waals surface area contributed by atoms with E-state index in [9.17, 15) is 9.59 Å². The highest BCUT2D eigenvalue weighted by molar-refractivity contribution is 7.09. The van der Waals surface area contributed by atoms with Crippen molar-refractivity contribution in [2.75, 3.05) is 5.32 Å². The van der Waals surface area contributed by atoms with Crippen LogP contribution >= 0.6 is 22.9 Å². The van der Waals surface area contributed by atoms with Gasteiger partial charge >= 0.3 is 0 Å². The second-order valence-electron chi connectivity index (χ2n) is 5.62. The van der Waals surface area contributed by atoms with E-state index in [0.717, 1.165) is 5.69 Å². The fourth-order valence-electron chi connectivity index (χ4n) is 2.33. The number of para-hydroxylation sites is 1. The predicted octanol–water partition coefficient (Wildman–Crippen LogP) is 3.66. The molecule has 1 aromatic heterocycles. The maximum atomic E-state index is 12.1. The molecule has 3 N–H and O–H groups in total. The van der Waals surface area contributed by atoms with Gasteiger partial charge in [0, 0.05) is 16.1 Å². The average Bonchev–Trinajstić information content (AvgIpc) is 3.07. The Kier molecular flexibility index (Phi) is 6.05. The Morgan fingerprint density at radius 3 is 2.70 bits per heavy atom. The van der Waals surface area contributed by atoms with E-state index in [1.807, 2.05) is 30.3 Å². The van der Waals surface area contributed by atoms with E-state index in [1.54, 1.807) is 11.4 Å². The van der Waals surface area contributed by atoms with E-state index in [-0.39, 0.29) is 24.5 Å². The first-order valence-corrected chi connectivity index (χ1v) is 9.27. The van der Waals surface area contributed by atoms with Crippen LogP contribution in [0.15, 0.2) is 53.9 Å². The molecule has 0 fully saturated rings. The Morgan fingerprint density at radius 2 is 1.96 bits per heavy atom. The van der Waals surface area contributed by atoms with E-state index in [2.05, 4.69) is 10.3 Å². The van der Waals surface area contributed by atoms with Crippen LogP contribution in [0.4, 0.5) is 5.69 Å². The molecule has 3 aromatic rings. The molecular formula is C19H16ClN3O3S. The van der Waals surface area contributed by atoms with Crippen LogP contribution < -0.4 is 15.8 Å². The topological polar surface area (TPSA) is 94.3 Å². The minimum Gasteiger partial charge on any atom is -0.486 e. The van der Waals surface area contributed by atoms with Crippen molar-refractivity contribution >= 4 is 40.4 Å². The highest BCUT2D eigenvalue weighted by atomic mass is 35.5. The molecule has 0 saturated heterocycles. The highest BCUT2D eigenvalue weighted by Crippen LogP contribution is 2.24. The monoisotopic (exact) mass is 401 g/mol. The zero-order valence-electron chi connectivity index (χ0n) is 14.1. The second-order valence-corrected chi connectivity index (χ2v) is 7.00. The third-order valence-corrected chi connectivity index (χ3v) is 4.69. The van der Waals surface area contributed by atoms with Crippen molar-refractivity contribution in [3.8, 4) is 5.75 Å². The summed E-state index contributed by atoms with van der Waals surface area (Å²) in [6.07, 6.45) is 0.170. The summed E-state index contributed by atoms with van der Waals surface area (Å²) in [5.74, 6) is -0.446. The quantitative estimate of drug-likeness (QED) is 0.631. The Labute approximate surface area is 164 Å². The number of rotatable bonds is 7. The van der Waals surface area contributed by atoms with Crippen LogP contribution in [-0.4, -0.2) is 16.8 Å². The molecule has 0 spiro atoms. The van der Waals surface area contributed by atoms with Crippen molar-refractivity contribution in [2.24, 2.45) is 5.73 Å². The number of hydrogen-bond donors (Lipinski definition) is 2. The van der Waals surface area contributed by atoms with Gasteiger partial charge in [0.2, 0.25) is 5.91 Å². The summed E-state index contributed by atoms with van der Waals surface area (Å²) in [5, 5.41) is 5.73. The van der Waals surface area contributed by atoms with Gasteiger partial charge in [0.1, 0.15) is 17.4 Å². The first-order chi connectivity index (χ1) is 13.0. The number of thiazole rings is 1. The van der Waals surface area contributed by atoms with E-state index >= 15 is 0 Å². The number of aromatic nitrogens is 1. The lowest BCUT2D eigenvalue weighted by atomic mass is 10.2. The molecule has 0 unspecified atom stereocenters. The van der Waals surface area contributed by atoms with Crippen molar-refractivity contribution in [1.29, 1.82) is 0 Å². The Balaban J connectivity index is 1.59. The van der Waals surface area contributed by atoms with E-state index in [0.29, 0.717) is 21.5 Å². The molecule has 3 rings (SSSR count). The normalized spacial score (nSPS) is 10.4. The number of carbonyl (C=O) groups is 2. The van der Waals surface area contributed by atoms with Gasteiger partial charge in [-0.2, -0.15) is 0 Å². The molecule has 27 heavy (non-hydrogen) atoms. The number of ether oxygens (including phenoxy) is 1.